The van der Waals surface area contributed by atoms with Crippen molar-refractivity contribution in [1.82, 2.24) is 15.0 Å². The van der Waals surface area contributed by atoms with Crippen LogP contribution >= 0.6 is 0 Å². The fourth-order valence-electron chi connectivity index (χ4n) is 1.39. The molecule has 0 unspecified atom stereocenters. The summed E-state index contributed by atoms with van der Waals surface area (Å²) in [6, 6.07) is 3.62. The molecule has 2 aromatic rings. The summed E-state index contributed by atoms with van der Waals surface area (Å²) in [7, 11) is 0. The van der Waals surface area contributed by atoms with Crippen LogP contribution in [0.4, 0.5) is 0 Å². The fourth-order valence-corrected chi connectivity index (χ4v) is 1.39. The number of nitrogens with one attached hydrogen (secondary N) is 1. The minimum Gasteiger partial charge on any atom is -0.478 e. The second kappa shape index (κ2) is 3.75. The van der Waals surface area contributed by atoms with Gasteiger partial charge in [0.1, 0.15) is 11.4 Å². The number of fused-ring (bicyclic) bond motifs is 1. The Bertz CT molecular complexity index is 499. The summed E-state index contributed by atoms with van der Waals surface area (Å²) in [5.41, 5.74) is 0.357. The summed E-state index contributed by atoms with van der Waals surface area (Å²) in [5, 5.41) is 9.81. The van der Waals surface area contributed by atoms with Crippen molar-refractivity contribution in [3.63, 3.8) is 0 Å². The van der Waals surface area contributed by atoms with Crippen molar-refractivity contribution in [3.8, 4) is 5.88 Å². The lowest BCUT2D eigenvalue weighted by molar-refractivity contribution is 0.0700. The van der Waals surface area contributed by atoms with Crippen LogP contribution in [0.3, 0.4) is 0 Å². The van der Waals surface area contributed by atoms with E-state index >= 15 is 0 Å². The third-order valence-corrected chi connectivity index (χ3v) is 2.19. The van der Waals surface area contributed by atoms with E-state index in [-0.39, 0.29) is 0 Å². The maximum atomic E-state index is 9.81. The Kier molecular flexibility index (Phi) is 2.55. The van der Waals surface area contributed by atoms with E-state index in [9.17, 15) is 5.11 Å². The van der Waals surface area contributed by atoms with Crippen LogP contribution < -0.4 is 4.74 Å². The summed E-state index contributed by atoms with van der Waals surface area (Å²) in [6.45, 7) is 5.82. The smallest absolute Gasteiger partial charge is 0.215 e. The molecule has 0 spiro atoms. The van der Waals surface area contributed by atoms with Crippen molar-refractivity contribution in [3.05, 3.63) is 18.0 Å². The molecule has 5 heteroatoms. The Balaban J connectivity index is 2.46. The van der Waals surface area contributed by atoms with E-state index in [0.717, 1.165) is 5.52 Å². The molecule has 2 N–H and O–H groups in total. The van der Waals surface area contributed by atoms with Crippen LogP contribution in [0.2, 0.25) is 0 Å². The molecule has 2 heterocycles. The SMILES string of the molecule is CCOc1ccc2[nH]c(C(C)(C)O)nc2n1. The molecule has 2 aromatic heterocycles. The first-order valence-corrected chi connectivity index (χ1v) is 5.23. The quantitative estimate of drug-likeness (QED) is 0.825. The van der Waals surface area contributed by atoms with Crippen LogP contribution in [0.1, 0.15) is 26.6 Å². The zero-order chi connectivity index (χ0) is 11.8. The molecule has 0 aliphatic heterocycles. The Hall–Kier alpha value is -1.62. The van der Waals surface area contributed by atoms with Gasteiger partial charge in [-0.2, -0.15) is 4.98 Å². The Morgan fingerprint density at radius 2 is 2.12 bits per heavy atom. The Morgan fingerprint density at radius 1 is 1.38 bits per heavy atom. The predicted octanol–water partition coefficient (Wildman–Crippen LogP) is 1.58. The van der Waals surface area contributed by atoms with E-state index in [1.54, 1.807) is 19.9 Å². The van der Waals surface area contributed by atoms with Crippen molar-refractivity contribution in [2.75, 3.05) is 6.61 Å². The molecule has 0 saturated carbocycles. The van der Waals surface area contributed by atoms with Crippen LogP contribution in [0.25, 0.3) is 11.2 Å². The number of ether oxygens (including phenoxy) is 1. The highest BCUT2D eigenvalue weighted by atomic mass is 16.5. The third-order valence-electron chi connectivity index (χ3n) is 2.19. The van der Waals surface area contributed by atoms with Crippen LogP contribution in [0, 0.1) is 0 Å². The van der Waals surface area contributed by atoms with Crippen molar-refractivity contribution in [2.24, 2.45) is 0 Å². The molecule has 5 nitrogen and oxygen atoms in total. The molecule has 0 fully saturated rings. The topological polar surface area (TPSA) is 71.0 Å². The maximum absolute atomic E-state index is 9.81. The molecule has 16 heavy (non-hydrogen) atoms. The Labute approximate surface area is 93.5 Å². The lowest BCUT2D eigenvalue weighted by Crippen LogP contribution is -2.17. The highest BCUT2D eigenvalue weighted by Crippen LogP contribution is 2.21. The number of imidazole rings is 1. The molecule has 2 rings (SSSR count). The second-order valence-electron chi connectivity index (χ2n) is 4.10. The molecule has 0 aromatic carbocycles. The van der Waals surface area contributed by atoms with Gasteiger partial charge in [0.05, 0.1) is 12.1 Å². The summed E-state index contributed by atoms with van der Waals surface area (Å²) < 4.78 is 5.28. The molecule has 0 aliphatic rings. The van der Waals surface area contributed by atoms with E-state index in [0.29, 0.717) is 24.0 Å². The van der Waals surface area contributed by atoms with Crippen molar-refractivity contribution < 1.29 is 9.84 Å². The average molecular weight is 221 g/mol. The average Bonchev–Trinajstić information content (AvgIpc) is 2.60. The molecular formula is C11H15N3O2. The number of H-pyrrole nitrogens is 1. The zero-order valence-corrected chi connectivity index (χ0v) is 9.61. The Morgan fingerprint density at radius 3 is 2.75 bits per heavy atom. The van der Waals surface area contributed by atoms with E-state index < -0.39 is 5.60 Å². The lowest BCUT2D eigenvalue weighted by Gasteiger charge is -2.12. The van der Waals surface area contributed by atoms with E-state index in [4.69, 9.17) is 4.74 Å². The van der Waals surface area contributed by atoms with Gasteiger partial charge in [0.2, 0.25) is 5.88 Å². The molecule has 86 valence electrons. The standard InChI is InChI=1S/C11H15N3O2/c1-4-16-8-6-5-7-9(13-8)14-10(12-7)11(2,3)15/h5-6,15H,4H2,1-3H3,(H,12,13,14). The molecule has 0 aliphatic carbocycles. The van der Waals surface area contributed by atoms with E-state index in [1.165, 1.54) is 0 Å². The number of hydrogen-bond donors (Lipinski definition) is 2. The number of pyridine rings is 1. The van der Waals surface area contributed by atoms with Gasteiger partial charge >= 0.3 is 0 Å². The van der Waals surface area contributed by atoms with Gasteiger partial charge in [-0.15, -0.1) is 0 Å². The molecule has 0 amide bonds. The number of nitrogens with zero attached hydrogens (tertiary/aromatic N) is 2. The normalized spacial score (nSPS) is 12.0. The van der Waals surface area contributed by atoms with Crippen molar-refractivity contribution >= 4 is 11.2 Å². The van der Waals surface area contributed by atoms with Gasteiger partial charge in [-0.25, -0.2) is 4.98 Å². The molecule has 0 radical (unpaired) electrons. The number of hydrogen-bond acceptors (Lipinski definition) is 4. The number of aromatic nitrogens is 3. The summed E-state index contributed by atoms with van der Waals surface area (Å²) in [6.07, 6.45) is 0. The fraction of sp³-hybridized carbons (Fsp3) is 0.455. The number of aromatic amines is 1. The van der Waals surface area contributed by atoms with Gasteiger partial charge < -0.3 is 14.8 Å². The van der Waals surface area contributed by atoms with Crippen LogP contribution in [0.15, 0.2) is 12.1 Å². The van der Waals surface area contributed by atoms with Crippen LogP contribution in [-0.4, -0.2) is 26.7 Å². The summed E-state index contributed by atoms with van der Waals surface area (Å²) >= 11 is 0. The van der Waals surface area contributed by atoms with Gasteiger partial charge in [0.25, 0.3) is 0 Å². The molecular weight excluding hydrogens is 206 g/mol. The first kappa shape index (κ1) is 10.9. The predicted molar refractivity (Wildman–Crippen MR) is 60.3 cm³/mol. The largest absolute Gasteiger partial charge is 0.478 e. The van der Waals surface area contributed by atoms with Crippen LogP contribution in [-0.2, 0) is 5.60 Å². The minimum absolute atomic E-state index is 0.503. The zero-order valence-electron chi connectivity index (χ0n) is 9.61. The summed E-state index contributed by atoms with van der Waals surface area (Å²) in [4.78, 5) is 11.5. The van der Waals surface area contributed by atoms with Gasteiger partial charge in [0.15, 0.2) is 5.65 Å². The van der Waals surface area contributed by atoms with Crippen molar-refractivity contribution in [2.45, 2.75) is 26.4 Å². The molecule has 0 saturated heterocycles. The summed E-state index contributed by atoms with van der Waals surface area (Å²) in [5.74, 6) is 1.05. The highest BCUT2D eigenvalue weighted by molar-refractivity contribution is 5.71. The van der Waals surface area contributed by atoms with Crippen molar-refractivity contribution in [1.29, 1.82) is 0 Å². The van der Waals surface area contributed by atoms with E-state index in [1.807, 2.05) is 13.0 Å². The van der Waals surface area contributed by atoms with Gasteiger partial charge in [-0.1, -0.05) is 0 Å². The second-order valence-corrected chi connectivity index (χ2v) is 4.10. The maximum Gasteiger partial charge on any atom is 0.215 e. The first-order chi connectivity index (χ1) is 7.50. The van der Waals surface area contributed by atoms with Crippen LogP contribution in [0.5, 0.6) is 5.88 Å². The van der Waals surface area contributed by atoms with Gasteiger partial charge in [-0.3, -0.25) is 0 Å². The minimum atomic E-state index is -0.994. The first-order valence-electron chi connectivity index (χ1n) is 5.23. The highest BCUT2D eigenvalue weighted by Gasteiger charge is 2.20. The third kappa shape index (κ3) is 1.99. The molecule has 0 atom stereocenters. The van der Waals surface area contributed by atoms with E-state index in [2.05, 4.69) is 15.0 Å². The van der Waals surface area contributed by atoms with Gasteiger partial charge in [0, 0.05) is 6.07 Å². The molecule has 0 bridgehead atoms. The lowest BCUT2D eigenvalue weighted by atomic mass is 10.1. The van der Waals surface area contributed by atoms with Gasteiger partial charge in [-0.05, 0) is 26.8 Å². The monoisotopic (exact) mass is 221 g/mol. The number of rotatable bonds is 3. The number of aliphatic hydroxyl groups is 1.